The fourth-order valence-corrected chi connectivity index (χ4v) is 2.75. The third-order valence-corrected chi connectivity index (χ3v) is 4.12. The summed E-state index contributed by atoms with van der Waals surface area (Å²) in [7, 11) is 1.67. The second-order valence-electron chi connectivity index (χ2n) is 5.15. The van der Waals surface area contributed by atoms with Crippen LogP contribution in [0.1, 0.15) is 25.3 Å². The molecule has 0 aliphatic heterocycles. The van der Waals surface area contributed by atoms with Crippen LogP contribution >= 0.6 is 11.6 Å². The van der Waals surface area contributed by atoms with Crippen molar-refractivity contribution >= 4 is 17.3 Å². The zero-order valence-electron chi connectivity index (χ0n) is 11.5. The lowest BCUT2D eigenvalue weighted by Gasteiger charge is -2.33. The van der Waals surface area contributed by atoms with Crippen molar-refractivity contribution in [2.75, 3.05) is 25.2 Å². The van der Waals surface area contributed by atoms with Gasteiger partial charge < -0.3 is 9.64 Å². The normalized spacial score (nSPS) is 16.4. The van der Waals surface area contributed by atoms with E-state index in [9.17, 15) is 4.39 Å². The zero-order valence-corrected chi connectivity index (χ0v) is 12.3. The molecular formula is C15H21ClFNO. The van der Waals surface area contributed by atoms with Crippen LogP contribution in [-0.4, -0.2) is 26.3 Å². The third-order valence-electron chi connectivity index (χ3n) is 3.83. The Morgan fingerprint density at radius 2 is 2.21 bits per heavy atom. The van der Waals surface area contributed by atoms with E-state index >= 15 is 0 Å². The number of hydrogen-bond acceptors (Lipinski definition) is 2. The first-order chi connectivity index (χ1) is 9.19. The van der Waals surface area contributed by atoms with Crippen molar-refractivity contribution in [2.24, 2.45) is 5.92 Å². The van der Waals surface area contributed by atoms with Gasteiger partial charge in [0.15, 0.2) is 0 Å². The van der Waals surface area contributed by atoms with E-state index < -0.39 is 0 Å². The molecule has 0 spiro atoms. The topological polar surface area (TPSA) is 12.5 Å². The van der Waals surface area contributed by atoms with E-state index in [1.807, 2.05) is 6.07 Å². The maximum Gasteiger partial charge on any atom is 0.146 e. The van der Waals surface area contributed by atoms with Crippen molar-refractivity contribution in [1.82, 2.24) is 0 Å². The molecule has 1 saturated carbocycles. The second-order valence-corrected chi connectivity index (χ2v) is 5.41. The van der Waals surface area contributed by atoms with Crippen LogP contribution in [-0.2, 0) is 10.6 Å². The molecule has 1 unspecified atom stereocenters. The van der Waals surface area contributed by atoms with E-state index in [1.165, 1.54) is 18.9 Å². The lowest BCUT2D eigenvalue weighted by molar-refractivity contribution is 0.202. The predicted octanol–water partition coefficient (Wildman–Crippen LogP) is 3.82. The molecule has 1 aromatic carbocycles. The van der Waals surface area contributed by atoms with Crippen molar-refractivity contribution in [1.29, 1.82) is 0 Å². The van der Waals surface area contributed by atoms with Crippen LogP contribution in [0.3, 0.4) is 0 Å². The van der Waals surface area contributed by atoms with Gasteiger partial charge in [-0.3, -0.25) is 0 Å². The van der Waals surface area contributed by atoms with Gasteiger partial charge >= 0.3 is 0 Å². The number of alkyl halides is 1. The van der Waals surface area contributed by atoms with Crippen molar-refractivity contribution in [3.05, 3.63) is 29.6 Å². The summed E-state index contributed by atoms with van der Waals surface area (Å²) >= 11 is 5.96. The number of halogens is 2. The number of para-hydroxylation sites is 1. The lowest BCUT2D eigenvalue weighted by Crippen LogP contribution is -2.38. The highest BCUT2D eigenvalue weighted by atomic mass is 35.5. The summed E-state index contributed by atoms with van der Waals surface area (Å²) in [6.45, 7) is 3.45. The molecule has 1 aliphatic carbocycles. The summed E-state index contributed by atoms with van der Waals surface area (Å²) < 4.78 is 19.4. The maximum atomic E-state index is 14.2. The summed E-state index contributed by atoms with van der Waals surface area (Å²) in [5.74, 6) is 0.801. The van der Waals surface area contributed by atoms with E-state index in [0.29, 0.717) is 36.7 Å². The molecule has 1 aliphatic rings. The van der Waals surface area contributed by atoms with E-state index in [4.69, 9.17) is 16.3 Å². The van der Waals surface area contributed by atoms with E-state index in [1.54, 1.807) is 13.2 Å². The van der Waals surface area contributed by atoms with Gasteiger partial charge in [-0.25, -0.2) is 4.39 Å². The molecule has 0 amide bonds. The number of ether oxygens (including phenoxy) is 1. The van der Waals surface area contributed by atoms with E-state index in [2.05, 4.69) is 11.8 Å². The SMILES string of the molecule is COCCN(c1c(F)cccc1CCl)C(C)C1CC1. The van der Waals surface area contributed by atoms with Crippen molar-refractivity contribution in [3.63, 3.8) is 0 Å². The Bertz CT molecular complexity index is 423. The molecule has 0 radical (unpaired) electrons. The fraction of sp³-hybridized carbons (Fsp3) is 0.600. The number of methoxy groups -OCH3 is 1. The number of hydrogen-bond donors (Lipinski definition) is 0. The maximum absolute atomic E-state index is 14.2. The minimum Gasteiger partial charge on any atom is -0.383 e. The third kappa shape index (κ3) is 3.40. The van der Waals surface area contributed by atoms with Gasteiger partial charge in [0, 0.05) is 25.6 Å². The van der Waals surface area contributed by atoms with Crippen molar-refractivity contribution in [2.45, 2.75) is 31.7 Å². The van der Waals surface area contributed by atoms with Gasteiger partial charge in [0.2, 0.25) is 0 Å². The highest BCUT2D eigenvalue weighted by Gasteiger charge is 2.33. The van der Waals surface area contributed by atoms with Crippen LogP contribution < -0.4 is 4.90 Å². The summed E-state index contributed by atoms with van der Waals surface area (Å²) in [5.41, 5.74) is 1.50. The molecule has 2 rings (SSSR count). The Kier molecular flexibility index (Phi) is 5.06. The highest BCUT2D eigenvalue weighted by Crippen LogP contribution is 2.38. The molecule has 4 heteroatoms. The van der Waals surface area contributed by atoms with Crippen LogP contribution in [0.25, 0.3) is 0 Å². The van der Waals surface area contributed by atoms with Crippen LogP contribution in [0, 0.1) is 11.7 Å². The Morgan fingerprint density at radius 1 is 1.47 bits per heavy atom. The quantitative estimate of drug-likeness (QED) is 0.706. The molecule has 1 fully saturated rings. The van der Waals surface area contributed by atoms with Gasteiger partial charge in [-0.05, 0) is 37.3 Å². The van der Waals surface area contributed by atoms with E-state index in [0.717, 1.165) is 5.56 Å². The Morgan fingerprint density at radius 3 is 2.79 bits per heavy atom. The van der Waals surface area contributed by atoms with Gasteiger partial charge in [-0.2, -0.15) is 0 Å². The van der Waals surface area contributed by atoms with E-state index in [-0.39, 0.29) is 5.82 Å². The van der Waals surface area contributed by atoms with Crippen LogP contribution in [0.15, 0.2) is 18.2 Å². The average molecular weight is 286 g/mol. The molecule has 1 aromatic rings. The highest BCUT2D eigenvalue weighted by molar-refractivity contribution is 6.17. The molecular weight excluding hydrogens is 265 g/mol. The standard InChI is InChI=1S/C15H21ClFNO/c1-11(12-6-7-12)18(8-9-19-2)15-13(10-16)4-3-5-14(15)17/h3-5,11-12H,6-10H2,1-2H3. The van der Waals surface area contributed by atoms with Crippen LogP contribution in [0.5, 0.6) is 0 Å². The molecule has 0 N–H and O–H groups in total. The Balaban J connectivity index is 2.30. The number of benzene rings is 1. The molecule has 1 atom stereocenters. The smallest absolute Gasteiger partial charge is 0.146 e. The Hall–Kier alpha value is -0.800. The zero-order chi connectivity index (χ0) is 13.8. The first-order valence-corrected chi connectivity index (χ1v) is 7.31. The first kappa shape index (κ1) is 14.6. The average Bonchev–Trinajstić information content (AvgIpc) is 3.24. The largest absolute Gasteiger partial charge is 0.383 e. The molecule has 0 heterocycles. The monoisotopic (exact) mass is 285 g/mol. The molecule has 0 bridgehead atoms. The van der Waals surface area contributed by atoms with Crippen LogP contribution in [0.2, 0.25) is 0 Å². The van der Waals surface area contributed by atoms with Gasteiger partial charge in [-0.1, -0.05) is 12.1 Å². The molecule has 0 aromatic heterocycles. The molecule has 106 valence electrons. The Labute approximate surface area is 119 Å². The second kappa shape index (κ2) is 6.58. The lowest BCUT2D eigenvalue weighted by atomic mass is 10.1. The minimum absolute atomic E-state index is 0.193. The number of rotatable bonds is 7. The predicted molar refractivity (Wildman–Crippen MR) is 77.4 cm³/mol. The number of nitrogens with zero attached hydrogens (tertiary/aromatic N) is 1. The van der Waals surface area contributed by atoms with Gasteiger partial charge in [-0.15, -0.1) is 11.6 Å². The summed E-state index contributed by atoms with van der Waals surface area (Å²) in [6, 6.07) is 5.44. The molecule has 19 heavy (non-hydrogen) atoms. The van der Waals surface area contributed by atoms with Gasteiger partial charge in [0.25, 0.3) is 0 Å². The van der Waals surface area contributed by atoms with Crippen molar-refractivity contribution < 1.29 is 9.13 Å². The van der Waals surface area contributed by atoms with Crippen molar-refractivity contribution in [3.8, 4) is 0 Å². The van der Waals surface area contributed by atoms with Gasteiger partial charge in [0.1, 0.15) is 5.82 Å². The number of anilines is 1. The molecule has 0 saturated heterocycles. The summed E-state index contributed by atoms with van der Waals surface area (Å²) in [5, 5.41) is 0. The van der Waals surface area contributed by atoms with Crippen LogP contribution in [0.4, 0.5) is 10.1 Å². The summed E-state index contributed by atoms with van der Waals surface area (Å²) in [6.07, 6.45) is 2.46. The minimum atomic E-state index is -0.193. The summed E-state index contributed by atoms with van der Waals surface area (Å²) in [4.78, 5) is 2.12. The molecule has 2 nitrogen and oxygen atoms in total. The first-order valence-electron chi connectivity index (χ1n) is 6.78. The van der Waals surface area contributed by atoms with Gasteiger partial charge in [0.05, 0.1) is 12.3 Å². The fourth-order valence-electron chi connectivity index (χ4n) is 2.53.